The zero-order chi connectivity index (χ0) is 22.2. The lowest BCUT2D eigenvalue weighted by Gasteiger charge is -2.35. The summed E-state index contributed by atoms with van der Waals surface area (Å²) < 4.78 is 38.4. The summed E-state index contributed by atoms with van der Waals surface area (Å²) in [6.45, 7) is 2.28. The number of hydrogen-bond acceptors (Lipinski definition) is 6. The number of halogens is 4. The number of hydrogen-bond donors (Lipinski definition) is 0. The molecule has 4 heterocycles. The van der Waals surface area contributed by atoms with Crippen molar-refractivity contribution in [2.45, 2.75) is 25.4 Å². The number of carbonyl (C=O) groups excluding carboxylic acids is 2. The molecule has 0 aliphatic carbocycles. The van der Waals surface area contributed by atoms with Crippen molar-refractivity contribution in [3.63, 3.8) is 0 Å². The van der Waals surface area contributed by atoms with Gasteiger partial charge in [0.25, 0.3) is 0 Å². The third-order valence-electron chi connectivity index (χ3n) is 5.26. The third-order valence-corrected chi connectivity index (χ3v) is 6.45. The Hall–Kier alpha value is -2.40. The van der Waals surface area contributed by atoms with Crippen LogP contribution in [0.5, 0.6) is 0 Å². The molecule has 0 unspecified atom stereocenters. The highest BCUT2D eigenvalue weighted by Gasteiger charge is 2.32. The van der Waals surface area contributed by atoms with Gasteiger partial charge in [0.15, 0.2) is 5.13 Å². The van der Waals surface area contributed by atoms with Crippen LogP contribution in [0.25, 0.3) is 0 Å². The first-order valence-electron chi connectivity index (χ1n) is 9.72. The molecule has 0 radical (unpaired) electrons. The van der Waals surface area contributed by atoms with Crippen LogP contribution in [0.15, 0.2) is 17.6 Å². The Bertz CT molecular complexity index is 991. The Morgan fingerprint density at radius 2 is 1.94 bits per heavy atom. The average Bonchev–Trinajstić information content (AvgIpc) is 3.36. The molecule has 0 atom stereocenters. The summed E-state index contributed by atoms with van der Waals surface area (Å²) in [7, 11) is 0. The lowest BCUT2D eigenvalue weighted by Crippen LogP contribution is -2.49. The van der Waals surface area contributed by atoms with Crippen molar-refractivity contribution in [2.75, 3.05) is 42.5 Å². The number of aromatic nitrogens is 2. The van der Waals surface area contributed by atoms with Gasteiger partial charge >= 0.3 is 6.18 Å². The van der Waals surface area contributed by atoms with Gasteiger partial charge in [-0.2, -0.15) is 13.2 Å². The van der Waals surface area contributed by atoms with Gasteiger partial charge in [-0.1, -0.05) is 11.6 Å². The number of thiazole rings is 1. The van der Waals surface area contributed by atoms with Crippen molar-refractivity contribution in [3.05, 3.63) is 33.9 Å². The maximum Gasteiger partial charge on any atom is 0.417 e. The van der Waals surface area contributed by atoms with E-state index >= 15 is 0 Å². The van der Waals surface area contributed by atoms with Gasteiger partial charge < -0.3 is 9.80 Å². The zero-order valence-corrected chi connectivity index (χ0v) is 17.9. The number of amides is 2. The molecule has 0 N–H and O–H groups in total. The smallest absolute Gasteiger partial charge is 0.352 e. The molecule has 2 saturated heterocycles. The maximum absolute atomic E-state index is 12.8. The molecule has 7 nitrogen and oxygen atoms in total. The highest BCUT2D eigenvalue weighted by molar-refractivity contribution is 7.14. The predicted octanol–water partition coefficient (Wildman–Crippen LogP) is 3.23. The van der Waals surface area contributed by atoms with Crippen molar-refractivity contribution in [1.29, 1.82) is 0 Å². The van der Waals surface area contributed by atoms with Crippen LogP contribution in [0.1, 0.15) is 24.1 Å². The first-order valence-corrected chi connectivity index (χ1v) is 11.0. The molecule has 166 valence electrons. The molecule has 2 amide bonds. The van der Waals surface area contributed by atoms with Crippen molar-refractivity contribution in [3.8, 4) is 0 Å². The fraction of sp³-hybridized carbons (Fsp3) is 0.474. The SMILES string of the molecule is O=C(Cc1csc(N2CCCC2=O)n1)N1CCN(c2ncc(C(F)(F)F)cc2Cl)CC1. The monoisotopic (exact) mass is 473 g/mol. The second-order valence-corrected chi connectivity index (χ2v) is 8.59. The molecule has 0 saturated carbocycles. The predicted molar refractivity (Wildman–Crippen MR) is 110 cm³/mol. The molecule has 2 aromatic rings. The maximum atomic E-state index is 12.8. The first-order chi connectivity index (χ1) is 14.7. The van der Waals surface area contributed by atoms with E-state index in [1.165, 1.54) is 11.3 Å². The minimum atomic E-state index is -4.50. The Morgan fingerprint density at radius 1 is 1.19 bits per heavy atom. The Kier molecular flexibility index (Phi) is 6.07. The van der Waals surface area contributed by atoms with Crippen LogP contribution in [0.3, 0.4) is 0 Å². The van der Waals surface area contributed by atoms with Crippen LogP contribution < -0.4 is 9.80 Å². The van der Waals surface area contributed by atoms with E-state index in [1.54, 1.807) is 20.1 Å². The van der Waals surface area contributed by atoms with E-state index in [4.69, 9.17) is 11.6 Å². The van der Waals surface area contributed by atoms with Gasteiger partial charge in [-0.15, -0.1) is 11.3 Å². The van der Waals surface area contributed by atoms with Crippen LogP contribution >= 0.6 is 22.9 Å². The minimum Gasteiger partial charge on any atom is -0.352 e. The molecule has 2 fully saturated rings. The Morgan fingerprint density at radius 3 is 2.55 bits per heavy atom. The summed E-state index contributed by atoms with van der Waals surface area (Å²) >= 11 is 7.37. The Labute approximate surface area is 185 Å². The normalized spacial score (nSPS) is 17.5. The van der Waals surface area contributed by atoms with E-state index in [0.717, 1.165) is 18.7 Å². The van der Waals surface area contributed by atoms with Gasteiger partial charge in [-0.05, 0) is 12.5 Å². The molecule has 4 rings (SSSR count). The molecule has 0 aromatic carbocycles. The molecular weight excluding hydrogens is 455 g/mol. The first kappa shape index (κ1) is 21.8. The summed E-state index contributed by atoms with van der Waals surface area (Å²) in [5.41, 5.74) is -0.270. The van der Waals surface area contributed by atoms with E-state index < -0.39 is 11.7 Å². The molecule has 2 aliphatic rings. The fourth-order valence-corrected chi connectivity index (χ4v) is 4.76. The van der Waals surface area contributed by atoms with Crippen LogP contribution in [-0.4, -0.2) is 59.4 Å². The lowest BCUT2D eigenvalue weighted by molar-refractivity contribution is -0.138. The van der Waals surface area contributed by atoms with E-state index in [1.807, 2.05) is 0 Å². The second kappa shape index (κ2) is 8.62. The summed E-state index contributed by atoms with van der Waals surface area (Å²) in [6.07, 6.45) is -2.26. The number of alkyl halides is 3. The van der Waals surface area contributed by atoms with E-state index in [-0.39, 0.29) is 29.1 Å². The van der Waals surface area contributed by atoms with Gasteiger partial charge in [-0.3, -0.25) is 14.5 Å². The quantitative estimate of drug-likeness (QED) is 0.682. The van der Waals surface area contributed by atoms with Gasteiger partial charge in [0.1, 0.15) is 5.82 Å². The third kappa shape index (κ3) is 4.77. The van der Waals surface area contributed by atoms with Gasteiger partial charge in [0, 0.05) is 50.7 Å². The van der Waals surface area contributed by atoms with Gasteiger partial charge in [0.2, 0.25) is 11.8 Å². The molecule has 2 aliphatic heterocycles. The largest absolute Gasteiger partial charge is 0.417 e. The summed E-state index contributed by atoms with van der Waals surface area (Å²) in [6, 6.07) is 0.867. The van der Waals surface area contributed by atoms with Crippen molar-refractivity contribution >= 4 is 45.7 Å². The number of anilines is 2. The van der Waals surface area contributed by atoms with E-state index in [2.05, 4.69) is 9.97 Å². The van der Waals surface area contributed by atoms with E-state index in [0.29, 0.717) is 50.0 Å². The lowest BCUT2D eigenvalue weighted by atomic mass is 10.2. The fourth-order valence-electron chi connectivity index (χ4n) is 3.60. The molecule has 12 heteroatoms. The van der Waals surface area contributed by atoms with Crippen molar-refractivity contribution in [1.82, 2.24) is 14.9 Å². The topological polar surface area (TPSA) is 69.6 Å². The number of carbonyl (C=O) groups is 2. The Balaban J connectivity index is 1.33. The number of pyridine rings is 1. The molecule has 2 aromatic heterocycles. The summed E-state index contributed by atoms with van der Waals surface area (Å²) in [5.74, 6) is 0.246. The minimum absolute atomic E-state index is 0.0545. The van der Waals surface area contributed by atoms with Crippen molar-refractivity contribution < 1.29 is 22.8 Å². The van der Waals surface area contributed by atoms with Crippen LogP contribution in [0, 0.1) is 0 Å². The zero-order valence-electron chi connectivity index (χ0n) is 16.4. The molecular formula is C19H19ClF3N5O2S. The number of rotatable bonds is 4. The van der Waals surface area contributed by atoms with Gasteiger partial charge in [-0.25, -0.2) is 9.97 Å². The van der Waals surface area contributed by atoms with E-state index in [9.17, 15) is 22.8 Å². The number of nitrogens with zero attached hydrogens (tertiary/aromatic N) is 5. The van der Waals surface area contributed by atoms with Gasteiger partial charge in [0.05, 0.1) is 22.7 Å². The van der Waals surface area contributed by atoms with Crippen molar-refractivity contribution in [2.24, 2.45) is 0 Å². The number of piperazine rings is 1. The van der Waals surface area contributed by atoms with Crippen LogP contribution in [0.2, 0.25) is 5.02 Å². The summed E-state index contributed by atoms with van der Waals surface area (Å²) in [5, 5.41) is 2.35. The molecule has 31 heavy (non-hydrogen) atoms. The van der Waals surface area contributed by atoms with Crippen LogP contribution in [-0.2, 0) is 22.2 Å². The standard InChI is InChI=1S/C19H19ClF3N5O2S/c20-14-8-12(19(21,22)23)10-24-17(14)27-6-4-26(5-7-27)16(30)9-13-11-31-18(25-13)28-3-1-2-15(28)29/h8,10-11H,1-7,9H2. The summed E-state index contributed by atoms with van der Waals surface area (Å²) in [4.78, 5) is 37.9. The molecule has 0 bridgehead atoms. The highest BCUT2D eigenvalue weighted by Crippen LogP contribution is 2.33. The average molecular weight is 474 g/mol. The van der Waals surface area contributed by atoms with Crippen LogP contribution in [0.4, 0.5) is 24.1 Å². The molecule has 0 spiro atoms. The second-order valence-electron chi connectivity index (χ2n) is 7.34. The highest BCUT2D eigenvalue weighted by atomic mass is 35.5.